The molecule has 0 saturated carbocycles. The summed E-state index contributed by atoms with van der Waals surface area (Å²) in [5.41, 5.74) is 11.9. The van der Waals surface area contributed by atoms with Gasteiger partial charge in [-0.05, 0) is 96.3 Å². The van der Waals surface area contributed by atoms with Gasteiger partial charge in [-0.2, -0.15) is 0 Å². The Labute approximate surface area is 299 Å². The molecule has 0 unspecified atom stereocenters. The lowest BCUT2D eigenvalue weighted by Crippen LogP contribution is -2.14. The number of nitrogens with zero attached hydrogens (tertiary/aromatic N) is 2. The van der Waals surface area contributed by atoms with Crippen molar-refractivity contribution in [1.29, 1.82) is 0 Å². The van der Waals surface area contributed by atoms with Gasteiger partial charge < -0.3 is 0 Å². The minimum atomic E-state index is -0.426. The Morgan fingerprint density at radius 1 is 0.520 bits per heavy atom. The summed E-state index contributed by atoms with van der Waals surface area (Å²) in [6, 6.07) is 47.0. The summed E-state index contributed by atoms with van der Waals surface area (Å²) >= 11 is 0. The van der Waals surface area contributed by atoms with Crippen LogP contribution in [0.15, 0.2) is 170 Å². The van der Waals surface area contributed by atoms with Gasteiger partial charge in [0, 0.05) is 16.7 Å². The van der Waals surface area contributed by atoms with E-state index in [1.54, 1.807) is 4.57 Å². The number of hydrogen-bond acceptors (Lipinski definition) is 1. The fourth-order valence-corrected chi connectivity index (χ4v) is 8.20. The lowest BCUT2D eigenvalue weighted by molar-refractivity contribution is 0.660. The van der Waals surface area contributed by atoms with Crippen molar-refractivity contribution < 1.29 is 6.85 Å². The second-order valence-electron chi connectivity index (χ2n) is 13.6. The van der Waals surface area contributed by atoms with E-state index in [0.717, 1.165) is 27.5 Å². The number of para-hydroxylation sites is 3. The van der Waals surface area contributed by atoms with Crippen LogP contribution in [0.1, 0.15) is 31.8 Å². The van der Waals surface area contributed by atoms with Gasteiger partial charge in [0.15, 0.2) is 0 Å². The third kappa shape index (κ3) is 4.18. The Hall–Kier alpha value is -6.25. The van der Waals surface area contributed by atoms with E-state index in [2.05, 4.69) is 117 Å². The Bertz CT molecular complexity index is 2980. The molecule has 0 N–H and O–H groups in total. The van der Waals surface area contributed by atoms with Crippen molar-refractivity contribution in [1.82, 2.24) is 9.55 Å². The highest BCUT2D eigenvalue weighted by molar-refractivity contribution is 6.21. The van der Waals surface area contributed by atoms with Gasteiger partial charge in [0.25, 0.3) is 0 Å². The fraction of sp³-hybridized carbons (Fsp3) is 0.0625. The third-order valence-electron chi connectivity index (χ3n) is 10.5. The minimum absolute atomic E-state index is 0.0742. The number of rotatable bonds is 4. The molecular formula is C48H34N2. The quantitative estimate of drug-likeness (QED) is 0.175. The van der Waals surface area contributed by atoms with E-state index in [4.69, 9.17) is 11.8 Å². The summed E-state index contributed by atoms with van der Waals surface area (Å²) in [7, 11) is 0. The predicted molar refractivity (Wildman–Crippen MR) is 210 cm³/mol. The molecule has 0 spiro atoms. The Morgan fingerprint density at radius 3 is 1.76 bits per heavy atom. The van der Waals surface area contributed by atoms with Crippen molar-refractivity contribution in [2.75, 3.05) is 0 Å². The number of imidazole rings is 1. The van der Waals surface area contributed by atoms with Crippen LogP contribution in [-0.2, 0) is 5.41 Å². The molecule has 10 rings (SSSR count). The van der Waals surface area contributed by atoms with Crippen molar-refractivity contribution in [3.05, 3.63) is 181 Å². The largest absolute Gasteiger partial charge is 0.292 e. The second kappa shape index (κ2) is 10.9. The number of fused-ring (bicyclic) bond motifs is 6. The molecule has 1 heterocycles. The van der Waals surface area contributed by atoms with Crippen LogP contribution in [-0.4, -0.2) is 9.55 Å². The summed E-state index contributed by atoms with van der Waals surface area (Å²) in [6.45, 7) is 4.65. The van der Waals surface area contributed by atoms with Gasteiger partial charge in [-0.1, -0.05) is 153 Å². The highest BCUT2D eigenvalue weighted by atomic mass is 15.1. The lowest BCUT2D eigenvalue weighted by atomic mass is 9.80. The molecule has 50 heavy (non-hydrogen) atoms. The molecule has 0 amide bonds. The van der Waals surface area contributed by atoms with E-state index in [1.165, 1.54) is 44.2 Å². The van der Waals surface area contributed by atoms with Crippen molar-refractivity contribution in [2.45, 2.75) is 19.3 Å². The first-order chi connectivity index (χ1) is 26.6. The molecule has 236 valence electrons. The van der Waals surface area contributed by atoms with Crippen LogP contribution in [0, 0.1) is 0 Å². The lowest BCUT2D eigenvalue weighted by Gasteiger charge is -2.23. The van der Waals surface area contributed by atoms with Gasteiger partial charge in [-0.15, -0.1) is 0 Å². The summed E-state index contributed by atoms with van der Waals surface area (Å²) in [5, 5.41) is 4.66. The summed E-state index contributed by atoms with van der Waals surface area (Å²) in [6.07, 6.45) is 0. The van der Waals surface area contributed by atoms with E-state index in [-0.39, 0.29) is 35.3 Å². The Balaban J connectivity index is 1.16. The van der Waals surface area contributed by atoms with Crippen molar-refractivity contribution in [3.8, 4) is 50.5 Å². The summed E-state index contributed by atoms with van der Waals surface area (Å²) in [4.78, 5) is 4.95. The highest BCUT2D eigenvalue weighted by Gasteiger charge is 2.35. The molecule has 0 radical (unpaired) electrons. The van der Waals surface area contributed by atoms with E-state index >= 15 is 0 Å². The molecule has 0 atom stereocenters. The monoisotopic (exact) mass is 643 g/mol. The zero-order valence-electron chi connectivity index (χ0n) is 32.7. The van der Waals surface area contributed by atoms with Crippen LogP contribution < -0.4 is 0 Å². The fourth-order valence-electron chi connectivity index (χ4n) is 8.20. The molecule has 2 heteroatoms. The third-order valence-corrected chi connectivity index (χ3v) is 10.5. The standard InChI is InChI=1S/C48H34N2/c1-48(2)41-21-11-10-16-35(41)36-29-28-33(30-42(36)48)46-39-19-8-6-17-37(39)45(38-18-7-9-20-40(38)46)31-24-26-32(27-25-31)47-49-43-22-12-13-23-44(43)50(47)34-14-4-3-5-15-34/h3-30H,1-2H3/i3D,4D,5D,14D,15D. The maximum atomic E-state index is 8.79. The van der Waals surface area contributed by atoms with Gasteiger partial charge in [-0.3, -0.25) is 4.57 Å². The van der Waals surface area contributed by atoms with Gasteiger partial charge in [0.1, 0.15) is 5.82 Å². The van der Waals surface area contributed by atoms with E-state index in [0.29, 0.717) is 16.9 Å². The number of benzene rings is 8. The van der Waals surface area contributed by atoms with Crippen LogP contribution >= 0.6 is 0 Å². The first-order valence-corrected chi connectivity index (χ1v) is 17.0. The molecule has 1 aromatic heterocycles. The minimum Gasteiger partial charge on any atom is -0.292 e. The van der Waals surface area contributed by atoms with Gasteiger partial charge in [0.2, 0.25) is 0 Å². The average molecular weight is 644 g/mol. The zero-order chi connectivity index (χ0) is 37.7. The predicted octanol–water partition coefficient (Wildman–Crippen LogP) is 12.6. The van der Waals surface area contributed by atoms with Crippen LogP contribution in [0.5, 0.6) is 0 Å². The van der Waals surface area contributed by atoms with E-state index in [1.807, 2.05) is 36.4 Å². The molecule has 9 aromatic rings. The molecule has 0 bridgehead atoms. The van der Waals surface area contributed by atoms with Gasteiger partial charge >= 0.3 is 0 Å². The molecule has 0 fully saturated rings. The molecule has 8 aromatic carbocycles. The first kappa shape index (κ1) is 24.0. The Morgan fingerprint density at radius 2 is 1.06 bits per heavy atom. The molecule has 0 aliphatic heterocycles. The average Bonchev–Trinajstić information content (AvgIpc) is 3.70. The molecule has 0 saturated heterocycles. The normalized spacial score (nSPS) is 14.6. The van der Waals surface area contributed by atoms with Crippen LogP contribution in [0.4, 0.5) is 0 Å². The zero-order valence-corrected chi connectivity index (χ0v) is 27.7. The smallest absolute Gasteiger partial charge is 0.145 e. The number of hydrogen-bond donors (Lipinski definition) is 0. The van der Waals surface area contributed by atoms with Crippen molar-refractivity contribution >= 4 is 32.6 Å². The maximum absolute atomic E-state index is 8.79. The van der Waals surface area contributed by atoms with Crippen molar-refractivity contribution in [3.63, 3.8) is 0 Å². The van der Waals surface area contributed by atoms with Gasteiger partial charge in [-0.25, -0.2) is 4.98 Å². The summed E-state index contributed by atoms with van der Waals surface area (Å²) < 4.78 is 44.2. The first-order valence-electron chi connectivity index (χ1n) is 19.5. The van der Waals surface area contributed by atoms with Crippen LogP contribution in [0.3, 0.4) is 0 Å². The summed E-state index contributed by atoms with van der Waals surface area (Å²) in [5.74, 6) is 0.498. The number of aromatic nitrogens is 2. The SMILES string of the molecule is [2H]c1c([2H])c([2H])c(-n2c(-c3ccc(-c4c5ccccc5c(-c5ccc6c(c5)C(C)(C)c5ccccc5-6)c5ccccc45)cc3)nc3ccccc32)c([2H])c1[2H]. The highest BCUT2D eigenvalue weighted by Crippen LogP contribution is 2.51. The topological polar surface area (TPSA) is 17.8 Å². The van der Waals surface area contributed by atoms with Crippen LogP contribution in [0.2, 0.25) is 0 Å². The molecule has 1 aliphatic carbocycles. The van der Waals surface area contributed by atoms with Crippen LogP contribution in [0.25, 0.3) is 83.0 Å². The Kier molecular flexibility index (Phi) is 5.22. The van der Waals surface area contributed by atoms with E-state index < -0.39 is 6.04 Å². The molecular weight excluding hydrogens is 605 g/mol. The van der Waals surface area contributed by atoms with Crippen molar-refractivity contribution in [2.24, 2.45) is 0 Å². The second-order valence-corrected chi connectivity index (χ2v) is 13.6. The molecule has 2 nitrogen and oxygen atoms in total. The van der Waals surface area contributed by atoms with Gasteiger partial charge in [0.05, 0.1) is 17.9 Å². The maximum Gasteiger partial charge on any atom is 0.145 e. The van der Waals surface area contributed by atoms with E-state index in [9.17, 15) is 0 Å². The molecule has 1 aliphatic rings.